The van der Waals surface area contributed by atoms with Gasteiger partial charge in [0.25, 0.3) is 0 Å². The molecule has 3 atom stereocenters. The van der Waals surface area contributed by atoms with Gasteiger partial charge in [0.15, 0.2) is 0 Å². The van der Waals surface area contributed by atoms with Crippen molar-refractivity contribution in [2.24, 2.45) is 5.92 Å². The van der Waals surface area contributed by atoms with Gasteiger partial charge in [-0.3, -0.25) is 4.98 Å². The van der Waals surface area contributed by atoms with Gasteiger partial charge < -0.3 is 5.11 Å². The number of hydrogen-bond acceptors (Lipinski definition) is 3. The molecule has 0 radical (unpaired) electrons. The van der Waals surface area contributed by atoms with Crippen LogP contribution in [-0.2, 0) is 16.5 Å². The summed E-state index contributed by atoms with van der Waals surface area (Å²) in [5.41, 5.74) is 0.0856. The van der Waals surface area contributed by atoms with Gasteiger partial charge in [0.05, 0.1) is 27.0 Å². The Morgan fingerprint density at radius 3 is 2.50 bits per heavy atom. The fraction of sp³-hybridized carbons (Fsp3) is 0.643. The number of nitrogens with zero attached hydrogens (tertiary/aromatic N) is 1. The minimum absolute atomic E-state index is 0.0148. The molecule has 0 saturated heterocycles. The average Bonchev–Trinajstić information content (AvgIpc) is 2.36. The van der Waals surface area contributed by atoms with Crippen LogP contribution in [0.3, 0.4) is 0 Å². The van der Waals surface area contributed by atoms with E-state index in [2.05, 4.69) is 25.6 Å². The Hall–Kier alpha value is -0.300. The van der Waals surface area contributed by atoms with Crippen molar-refractivity contribution in [1.82, 2.24) is 9.71 Å². The highest BCUT2D eigenvalue weighted by atomic mass is 79.9. The van der Waals surface area contributed by atoms with E-state index in [0.717, 1.165) is 10.2 Å². The lowest BCUT2D eigenvalue weighted by Crippen LogP contribution is -2.51. The Kier molecular flexibility index (Phi) is 5.89. The Morgan fingerprint density at radius 1 is 1.45 bits per heavy atom. The highest BCUT2D eigenvalue weighted by Crippen LogP contribution is 2.31. The third kappa shape index (κ3) is 4.10. The molecular weight excluding hydrogens is 340 g/mol. The molecule has 0 aromatic carbocycles. The Morgan fingerprint density at radius 2 is 2.05 bits per heavy atom. The summed E-state index contributed by atoms with van der Waals surface area (Å²) in [5, 5.41) is 9.54. The van der Waals surface area contributed by atoms with Gasteiger partial charge in [-0.25, -0.2) is 8.93 Å². The fourth-order valence-corrected chi connectivity index (χ4v) is 2.95. The Labute approximate surface area is 132 Å². The molecule has 0 amide bonds. The zero-order chi connectivity index (χ0) is 15.6. The van der Waals surface area contributed by atoms with E-state index in [-0.39, 0.29) is 17.3 Å². The standard InChI is InChI=1S/C14H23BrN2O2S/c1-10(9-18)14(5,17-20(19)13(2,3)4)12-8-11(15)6-7-16-12/h6-8,10,17-18H,9H2,1-5H3. The number of aliphatic hydroxyl groups excluding tert-OH is 1. The second-order valence-corrected chi connectivity index (χ2v) is 9.01. The molecule has 0 fully saturated rings. The van der Waals surface area contributed by atoms with Crippen molar-refractivity contribution in [3.63, 3.8) is 0 Å². The molecule has 4 nitrogen and oxygen atoms in total. The number of pyridine rings is 1. The van der Waals surface area contributed by atoms with Gasteiger partial charge in [0.1, 0.15) is 0 Å². The van der Waals surface area contributed by atoms with Gasteiger partial charge in [-0.1, -0.05) is 22.9 Å². The lowest BCUT2D eigenvalue weighted by atomic mass is 9.85. The number of aliphatic hydroxyl groups is 1. The quantitative estimate of drug-likeness (QED) is 0.846. The number of nitrogens with one attached hydrogen (secondary N) is 1. The van der Waals surface area contributed by atoms with Crippen LogP contribution in [0.5, 0.6) is 0 Å². The molecule has 6 heteroatoms. The first-order valence-electron chi connectivity index (χ1n) is 6.54. The molecule has 2 N–H and O–H groups in total. The summed E-state index contributed by atoms with van der Waals surface area (Å²) < 4.78 is 16.1. The van der Waals surface area contributed by atoms with Crippen molar-refractivity contribution in [3.05, 3.63) is 28.5 Å². The zero-order valence-corrected chi connectivity index (χ0v) is 15.0. The predicted octanol–water partition coefficient (Wildman–Crippen LogP) is 2.74. The normalized spacial score (nSPS) is 18.4. The van der Waals surface area contributed by atoms with Crippen molar-refractivity contribution >= 4 is 26.9 Å². The molecule has 3 unspecified atom stereocenters. The Balaban J connectivity index is 3.20. The second-order valence-electron chi connectivity index (χ2n) is 6.13. The van der Waals surface area contributed by atoms with Crippen LogP contribution in [0.1, 0.15) is 40.3 Å². The van der Waals surface area contributed by atoms with Gasteiger partial charge in [-0.05, 0) is 39.8 Å². The number of hydrogen-bond donors (Lipinski definition) is 2. The van der Waals surface area contributed by atoms with Crippen molar-refractivity contribution in [2.75, 3.05) is 6.61 Å². The smallest absolute Gasteiger partial charge is 0.0979 e. The largest absolute Gasteiger partial charge is 0.396 e. The maximum absolute atomic E-state index is 12.4. The topological polar surface area (TPSA) is 62.2 Å². The summed E-state index contributed by atoms with van der Waals surface area (Å²) >= 11 is 3.43. The van der Waals surface area contributed by atoms with E-state index in [1.807, 2.05) is 46.8 Å². The average molecular weight is 363 g/mol. The van der Waals surface area contributed by atoms with Gasteiger partial charge in [-0.2, -0.15) is 0 Å². The van der Waals surface area contributed by atoms with Crippen LogP contribution in [0.4, 0.5) is 0 Å². The van der Waals surface area contributed by atoms with Crippen LogP contribution in [0, 0.1) is 5.92 Å². The molecule has 1 aromatic heterocycles. The van der Waals surface area contributed by atoms with Gasteiger partial charge in [0, 0.05) is 23.2 Å². The molecule has 0 aliphatic rings. The summed E-state index contributed by atoms with van der Waals surface area (Å²) in [6, 6.07) is 3.73. The minimum atomic E-state index is -1.25. The van der Waals surface area contributed by atoms with Crippen molar-refractivity contribution in [3.8, 4) is 0 Å². The molecule has 0 aliphatic heterocycles. The van der Waals surface area contributed by atoms with Crippen molar-refractivity contribution in [2.45, 2.75) is 44.9 Å². The van der Waals surface area contributed by atoms with Gasteiger partial charge in [-0.15, -0.1) is 0 Å². The molecule has 114 valence electrons. The number of rotatable bonds is 5. The monoisotopic (exact) mass is 362 g/mol. The highest BCUT2D eigenvalue weighted by molar-refractivity contribution is 9.10. The van der Waals surface area contributed by atoms with Crippen LogP contribution in [0.25, 0.3) is 0 Å². The number of halogens is 1. The SMILES string of the molecule is CC(CO)C(C)(NS(=O)C(C)(C)C)c1cc(Br)ccn1. The van der Waals surface area contributed by atoms with E-state index in [9.17, 15) is 9.32 Å². The highest BCUT2D eigenvalue weighted by Gasteiger charge is 2.38. The fourth-order valence-electron chi connectivity index (χ4n) is 1.62. The lowest BCUT2D eigenvalue weighted by molar-refractivity contribution is 0.161. The first-order chi connectivity index (χ1) is 9.11. The molecular formula is C14H23BrN2O2S. The third-order valence-corrected chi connectivity index (χ3v) is 5.59. The number of aromatic nitrogens is 1. The molecule has 0 bridgehead atoms. The summed E-state index contributed by atoms with van der Waals surface area (Å²) in [6.07, 6.45) is 1.70. The van der Waals surface area contributed by atoms with E-state index < -0.39 is 16.5 Å². The van der Waals surface area contributed by atoms with Crippen LogP contribution in [0.2, 0.25) is 0 Å². The summed E-state index contributed by atoms with van der Waals surface area (Å²) in [7, 11) is -1.25. The zero-order valence-electron chi connectivity index (χ0n) is 12.6. The summed E-state index contributed by atoms with van der Waals surface area (Å²) in [5.74, 6) is -0.129. The van der Waals surface area contributed by atoms with Crippen LogP contribution in [0.15, 0.2) is 22.8 Å². The van der Waals surface area contributed by atoms with Crippen LogP contribution >= 0.6 is 15.9 Å². The summed E-state index contributed by atoms with van der Waals surface area (Å²) in [4.78, 5) is 4.38. The summed E-state index contributed by atoms with van der Waals surface area (Å²) in [6.45, 7) is 9.55. The molecule has 1 aromatic rings. The Bertz CT molecular complexity index is 490. The third-order valence-electron chi connectivity index (χ3n) is 3.37. The molecule has 0 saturated carbocycles. The van der Waals surface area contributed by atoms with Crippen molar-refractivity contribution in [1.29, 1.82) is 0 Å². The second kappa shape index (κ2) is 6.64. The molecule has 1 rings (SSSR count). The predicted molar refractivity (Wildman–Crippen MR) is 86.6 cm³/mol. The molecule has 20 heavy (non-hydrogen) atoms. The van der Waals surface area contributed by atoms with E-state index in [0.29, 0.717) is 0 Å². The van der Waals surface area contributed by atoms with E-state index in [1.165, 1.54) is 0 Å². The molecule has 0 spiro atoms. The van der Waals surface area contributed by atoms with Crippen LogP contribution in [-0.4, -0.2) is 25.7 Å². The van der Waals surface area contributed by atoms with E-state index in [4.69, 9.17) is 0 Å². The first-order valence-corrected chi connectivity index (χ1v) is 8.48. The van der Waals surface area contributed by atoms with Gasteiger partial charge in [0.2, 0.25) is 0 Å². The maximum Gasteiger partial charge on any atom is 0.0979 e. The molecule has 0 aliphatic carbocycles. The lowest BCUT2D eigenvalue weighted by Gasteiger charge is -2.37. The molecule has 1 heterocycles. The van der Waals surface area contributed by atoms with Gasteiger partial charge >= 0.3 is 0 Å². The first kappa shape index (κ1) is 17.8. The maximum atomic E-state index is 12.4. The van der Waals surface area contributed by atoms with E-state index >= 15 is 0 Å². The minimum Gasteiger partial charge on any atom is -0.396 e. The van der Waals surface area contributed by atoms with E-state index in [1.54, 1.807) is 6.20 Å². The van der Waals surface area contributed by atoms with Crippen LogP contribution < -0.4 is 4.72 Å². The van der Waals surface area contributed by atoms with Crippen molar-refractivity contribution < 1.29 is 9.32 Å².